The van der Waals surface area contributed by atoms with Crippen LogP contribution in [0.5, 0.6) is 0 Å². The van der Waals surface area contributed by atoms with Crippen LogP contribution in [0.4, 0.5) is 0 Å². The summed E-state index contributed by atoms with van der Waals surface area (Å²) in [7, 11) is 0. The van der Waals surface area contributed by atoms with Crippen LogP contribution in [-0.4, -0.2) is 29.4 Å². The number of carbonyl (C=O) groups is 3. The van der Waals surface area contributed by atoms with Gasteiger partial charge in [0.2, 0.25) is 0 Å². The second-order valence-electron chi connectivity index (χ2n) is 4.75. The highest BCUT2D eigenvalue weighted by molar-refractivity contribution is 6.04. The van der Waals surface area contributed by atoms with Crippen LogP contribution in [0.2, 0.25) is 0 Å². The number of carboxylic acids is 1. The van der Waals surface area contributed by atoms with Gasteiger partial charge in [-0.05, 0) is 19.8 Å². The Hall–Kier alpha value is -2.17. The van der Waals surface area contributed by atoms with Crippen molar-refractivity contribution in [2.24, 2.45) is 5.41 Å². The quantitative estimate of drug-likeness (QED) is 0.495. The van der Waals surface area contributed by atoms with Crippen molar-refractivity contribution in [2.45, 2.75) is 19.8 Å². The van der Waals surface area contributed by atoms with Crippen molar-refractivity contribution in [3.05, 3.63) is 35.4 Å². The molecule has 1 aliphatic carbocycles. The average Bonchev–Trinajstić information content (AvgIpc) is 3.17. The average molecular weight is 262 g/mol. The van der Waals surface area contributed by atoms with Crippen LogP contribution in [0, 0.1) is 12.3 Å². The lowest BCUT2D eigenvalue weighted by atomic mass is 10.1. The predicted octanol–water partition coefficient (Wildman–Crippen LogP) is 1.59. The molecule has 0 saturated heterocycles. The molecule has 0 unspecified atom stereocenters. The molecule has 100 valence electrons. The molecule has 5 nitrogen and oxygen atoms in total. The van der Waals surface area contributed by atoms with Crippen LogP contribution in [0.15, 0.2) is 24.3 Å². The maximum absolute atomic E-state index is 11.8. The summed E-state index contributed by atoms with van der Waals surface area (Å²) >= 11 is 0. The lowest BCUT2D eigenvalue weighted by molar-refractivity contribution is -0.160. The van der Waals surface area contributed by atoms with Gasteiger partial charge in [-0.2, -0.15) is 0 Å². The van der Waals surface area contributed by atoms with Gasteiger partial charge >= 0.3 is 11.9 Å². The number of Topliss-reactive ketones (excluding diaryl/α,β-unsaturated/α-hetero) is 1. The van der Waals surface area contributed by atoms with E-state index in [1.165, 1.54) is 0 Å². The zero-order valence-electron chi connectivity index (χ0n) is 10.5. The Morgan fingerprint density at radius 3 is 2.26 bits per heavy atom. The number of aliphatic carboxylic acids is 1. The maximum Gasteiger partial charge on any atom is 0.323 e. The zero-order valence-corrected chi connectivity index (χ0v) is 10.5. The summed E-state index contributed by atoms with van der Waals surface area (Å²) in [6, 6.07) is 6.87. The molecule has 0 bridgehead atoms. The summed E-state index contributed by atoms with van der Waals surface area (Å²) in [6.45, 7) is 1.48. The van der Waals surface area contributed by atoms with Crippen molar-refractivity contribution in [3.63, 3.8) is 0 Å². The van der Waals surface area contributed by atoms with Gasteiger partial charge in [-0.3, -0.25) is 14.4 Å². The molecule has 0 amide bonds. The first kappa shape index (κ1) is 13.3. The second kappa shape index (κ2) is 4.84. The fourth-order valence-electron chi connectivity index (χ4n) is 1.72. The van der Waals surface area contributed by atoms with Crippen molar-refractivity contribution in [1.82, 2.24) is 0 Å². The van der Waals surface area contributed by atoms with Crippen LogP contribution >= 0.6 is 0 Å². The first-order chi connectivity index (χ1) is 8.95. The van der Waals surface area contributed by atoms with Crippen molar-refractivity contribution in [3.8, 4) is 0 Å². The van der Waals surface area contributed by atoms with Crippen LogP contribution in [0.25, 0.3) is 0 Å². The zero-order chi connectivity index (χ0) is 14.0. The van der Waals surface area contributed by atoms with Crippen molar-refractivity contribution in [1.29, 1.82) is 0 Å². The van der Waals surface area contributed by atoms with E-state index in [1.54, 1.807) is 24.3 Å². The minimum atomic E-state index is -1.41. The number of hydrogen-bond donors (Lipinski definition) is 1. The highest BCUT2D eigenvalue weighted by Gasteiger charge is 2.58. The third-order valence-corrected chi connectivity index (χ3v) is 3.26. The van der Waals surface area contributed by atoms with E-state index in [-0.39, 0.29) is 18.6 Å². The lowest BCUT2D eigenvalue weighted by Gasteiger charge is -2.09. The Morgan fingerprint density at radius 1 is 1.21 bits per heavy atom. The third-order valence-electron chi connectivity index (χ3n) is 3.26. The number of hydrogen-bond acceptors (Lipinski definition) is 4. The first-order valence-electron chi connectivity index (χ1n) is 5.96. The molecule has 0 radical (unpaired) electrons. The Labute approximate surface area is 110 Å². The molecular weight excluding hydrogens is 248 g/mol. The molecule has 1 fully saturated rings. The van der Waals surface area contributed by atoms with E-state index in [1.807, 2.05) is 6.92 Å². The lowest BCUT2D eigenvalue weighted by Crippen LogP contribution is -2.29. The highest BCUT2D eigenvalue weighted by atomic mass is 16.5. The normalized spacial score (nSPS) is 15.6. The van der Waals surface area contributed by atoms with E-state index in [4.69, 9.17) is 9.84 Å². The second-order valence-corrected chi connectivity index (χ2v) is 4.75. The van der Waals surface area contributed by atoms with Gasteiger partial charge in [0.25, 0.3) is 0 Å². The van der Waals surface area contributed by atoms with E-state index >= 15 is 0 Å². The largest absolute Gasteiger partial charge is 0.480 e. The molecule has 5 heteroatoms. The van der Waals surface area contributed by atoms with Gasteiger partial charge < -0.3 is 9.84 Å². The molecule has 0 aromatic heterocycles. The number of carbonyl (C=O) groups excluding carboxylic acids is 2. The van der Waals surface area contributed by atoms with Crippen molar-refractivity contribution < 1.29 is 24.2 Å². The predicted molar refractivity (Wildman–Crippen MR) is 65.8 cm³/mol. The molecule has 1 aliphatic rings. The van der Waals surface area contributed by atoms with Crippen molar-refractivity contribution in [2.75, 3.05) is 6.61 Å². The third kappa shape index (κ3) is 2.65. The summed E-state index contributed by atoms with van der Waals surface area (Å²) in [5.74, 6) is -2.34. The van der Waals surface area contributed by atoms with Gasteiger partial charge in [0, 0.05) is 5.56 Å². The number of benzene rings is 1. The standard InChI is InChI=1S/C14H14O5/c1-9-2-4-10(5-3-9)11(15)8-19-13(18)14(6-7-14)12(16)17/h2-5H,6-8H2,1H3,(H,16,17). The summed E-state index contributed by atoms with van der Waals surface area (Å²) in [4.78, 5) is 34.2. The SMILES string of the molecule is Cc1ccc(C(=O)COC(=O)C2(C(=O)O)CC2)cc1. The molecule has 1 N–H and O–H groups in total. The maximum atomic E-state index is 11.8. The van der Waals surface area contributed by atoms with Gasteiger partial charge in [-0.1, -0.05) is 29.8 Å². The van der Waals surface area contributed by atoms with E-state index in [9.17, 15) is 14.4 Å². The number of rotatable bonds is 5. The molecule has 0 spiro atoms. The van der Waals surface area contributed by atoms with Crippen molar-refractivity contribution >= 4 is 17.7 Å². The van der Waals surface area contributed by atoms with Gasteiger partial charge in [0.1, 0.15) is 0 Å². The Kier molecular flexibility index (Phi) is 3.38. The van der Waals surface area contributed by atoms with Crippen LogP contribution in [0.1, 0.15) is 28.8 Å². The highest BCUT2D eigenvalue weighted by Crippen LogP contribution is 2.46. The molecule has 0 aliphatic heterocycles. The fourth-order valence-corrected chi connectivity index (χ4v) is 1.72. The number of aryl methyl sites for hydroxylation is 1. The number of esters is 1. The molecule has 0 atom stereocenters. The number of ketones is 1. The van der Waals surface area contributed by atoms with Gasteiger partial charge in [0.05, 0.1) is 0 Å². The minimum absolute atomic E-state index is 0.278. The van der Waals surface area contributed by atoms with Crippen LogP contribution in [-0.2, 0) is 14.3 Å². The Balaban J connectivity index is 1.92. The number of carboxylic acid groups (broad SMARTS) is 1. The summed E-state index contributed by atoms with van der Waals surface area (Å²) in [5, 5.41) is 8.90. The Morgan fingerprint density at radius 2 is 1.79 bits per heavy atom. The summed E-state index contributed by atoms with van der Waals surface area (Å²) < 4.78 is 4.81. The minimum Gasteiger partial charge on any atom is -0.480 e. The molecule has 19 heavy (non-hydrogen) atoms. The molecule has 2 rings (SSSR count). The first-order valence-corrected chi connectivity index (χ1v) is 5.96. The van der Waals surface area contributed by atoms with Crippen LogP contribution in [0.3, 0.4) is 0 Å². The summed E-state index contributed by atoms with van der Waals surface area (Å²) in [6.07, 6.45) is 0.555. The molecule has 0 heterocycles. The molecule has 1 saturated carbocycles. The number of ether oxygens (including phenoxy) is 1. The molecular formula is C14H14O5. The Bertz CT molecular complexity index is 525. The fraction of sp³-hybridized carbons (Fsp3) is 0.357. The van der Waals surface area contributed by atoms with E-state index < -0.39 is 24.0 Å². The van der Waals surface area contributed by atoms with E-state index in [2.05, 4.69) is 0 Å². The van der Waals surface area contributed by atoms with Gasteiger partial charge in [0.15, 0.2) is 17.8 Å². The van der Waals surface area contributed by atoms with Gasteiger partial charge in [-0.15, -0.1) is 0 Å². The van der Waals surface area contributed by atoms with Crippen LogP contribution < -0.4 is 0 Å². The molecule has 1 aromatic carbocycles. The van der Waals surface area contributed by atoms with E-state index in [0.717, 1.165) is 5.56 Å². The molecule has 1 aromatic rings. The van der Waals surface area contributed by atoms with Gasteiger partial charge in [-0.25, -0.2) is 0 Å². The van der Waals surface area contributed by atoms with E-state index in [0.29, 0.717) is 5.56 Å². The summed E-state index contributed by atoms with van der Waals surface area (Å²) in [5.41, 5.74) is 0.0584. The monoisotopic (exact) mass is 262 g/mol. The topological polar surface area (TPSA) is 80.7 Å². The smallest absolute Gasteiger partial charge is 0.323 e.